The van der Waals surface area contributed by atoms with Crippen LogP contribution in [0.1, 0.15) is 11.1 Å². The fraction of sp³-hybridized carbons (Fsp3) is 0.133. The molecule has 0 radical (unpaired) electrons. The summed E-state index contributed by atoms with van der Waals surface area (Å²) in [5.74, 6) is 0. The lowest BCUT2D eigenvalue weighted by atomic mass is 10.1. The van der Waals surface area contributed by atoms with E-state index in [-0.39, 0.29) is 23.2 Å². The van der Waals surface area contributed by atoms with Crippen LogP contribution in [-0.4, -0.2) is 16.3 Å². The second-order valence-electron chi connectivity index (χ2n) is 5.30. The minimum absolute atomic E-state index is 0.0793. The standard InChI is InChI=1S/C15H9ClF3N3O5/c1-8-2-3-11(16)12(4-8)20(7-23)14-10(15(17,18)19)5-9(21(24)25)6-13(14)22(26)27/h2-7H,1H3. The van der Waals surface area contributed by atoms with Gasteiger partial charge in [0.1, 0.15) is 5.69 Å². The Kier molecular flexibility index (Phi) is 5.36. The number of amides is 1. The quantitative estimate of drug-likeness (QED) is 0.405. The van der Waals surface area contributed by atoms with Crippen molar-refractivity contribution >= 4 is 40.8 Å². The number of aryl methyl sites for hydroxylation is 1. The maximum atomic E-state index is 13.5. The van der Waals surface area contributed by atoms with Crippen molar-refractivity contribution in [2.24, 2.45) is 0 Å². The number of alkyl halides is 3. The average molecular weight is 404 g/mol. The highest BCUT2D eigenvalue weighted by atomic mass is 35.5. The van der Waals surface area contributed by atoms with Gasteiger partial charge >= 0.3 is 11.9 Å². The largest absolute Gasteiger partial charge is 0.418 e. The van der Waals surface area contributed by atoms with Gasteiger partial charge in [0, 0.05) is 6.07 Å². The van der Waals surface area contributed by atoms with Crippen molar-refractivity contribution in [3.63, 3.8) is 0 Å². The molecule has 0 spiro atoms. The maximum absolute atomic E-state index is 13.5. The van der Waals surface area contributed by atoms with Crippen LogP contribution in [0.3, 0.4) is 0 Å². The fourth-order valence-electron chi connectivity index (χ4n) is 2.36. The Morgan fingerprint density at radius 1 is 1.11 bits per heavy atom. The molecule has 0 saturated carbocycles. The number of nitro groups is 2. The van der Waals surface area contributed by atoms with E-state index in [1.165, 1.54) is 18.2 Å². The Bertz CT molecular complexity index is 949. The zero-order valence-electron chi connectivity index (χ0n) is 13.4. The number of rotatable bonds is 5. The topological polar surface area (TPSA) is 107 Å². The van der Waals surface area contributed by atoms with Crippen molar-refractivity contribution in [3.8, 4) is 0 Å². The molecule has 27 heavy (non-hydrogen) atoms. The summed E-state index contributed by atoms with van der Waals surface area (Å²) in [5, 5.41) is 22.1. The van der Waals surface area contributed by atoms with E-state index in [0.717, 1.165) is 0 Å². The molecule has 0 saturated heterocycles. The van der Waals surface area contributed by atoms with Gasteiger partial charge in [-0.3, -0.25) is 29.9 Å². The van der Waals surface area contributed by atoms with E-state index in [1.807, 2.05) is 0 Å². The molecule has 0 N–H and O–H groups in total. The summed E-state index contributed by atoms with van der Waals surface area (Å²) in [4.78, 5) is 31.7. The number of benzene rings is 2. The van der Waals surface area contributed by atoms with E-state index in [1.54, 1.807) is 6.92 Å². The highest BCUT2D eigenvalue weighted by Gasteiger charge is 2.42. The molecule has 0 aliphatic heterocycles. The van der Waals surface area contributed by atoms with Crippen LogP contribution in [0.15, 0.2) is 30.3 Å². The first-order chi connectivity index (χ1) is 12.5. The molecule has 0 aliphatic rings. The normalized spacial score (nSPS) is 11.1. The molecule has 0 atom stereocenters. The van der Waals surface area contributed by atoms with Crippen LogP contribution in [-0.2, 0) is 11.0 Å². The van der Waals surface area contributed by atoms with Crippen molar-refractivity contribution in [2.75, 3.05) is 4.90 Å². The van der Waals surface area contributed by atoms with Crippen molar-refractivity contribution < 1.29 is 27.8 Å². The van der Waals surface area contributed by atoms with Gasteiger partial charge < -0.3 is 0 Å². The zero-order valence-corrected chi connectivity index (χ0v) is 14.1. The van der Waals surface area contributed by atoms with Crippen LogP contribution in [0.4, 0.5) is 35.9 Å². The maximum Gasteiger partial charge on any atom is 0.418 e. The number of non-ortho nitro benzene ring substituents is 1. The molecule has 0 fully saturated rings. The summed E-state index contributed by atoms with van der Waals surface area (Å²) in [5.41, 5.74) is -5.01. The van der Waals surface area contributed by atoms with Gasteiger partial charge in [-0.1, -0.05) is 17.7 Å². The van der Waals surface area contributed by atoms with Crippen LogP contribution in [0.25, 0.3) is 0 Å². The van der Waals surface area contributed by atoms with Gasteiger partial charge in [0.25, 0.3) is 5.69 Å². The monoisotopic (exact) mass is 403 g/mol. The van der Waals surface area contributed by atoms with Crippen molar-refractivity contribution in [1.29, 1.82) is 0 Å². The van der Waals surface area contributed by atoms with Crippen molar-refractivity contribution in [2.45, 2.75) is 13.1 Å². The molecule has 0 unspecified atom stereocenters. The number of hydrogen-bond donors (Lipinski definition) is 0. The number of nitrogens with zero attached hydrogens (tertiary/aromatic N) is 3. The number of nitro benzene ring substituents is 2. The smallest absolute Gasteiger partial charge is 0.278 e. The molecule has 2 aromatic rings. The number of carbonyl (C=O) groups excluding carboxylic acids is 1. The third kappa shape index (κ3) is 3.97. The van der Waals surface area contributed by atoms with E-state index >= 15 is 0 Å². The lowest BCUT2D eigenvalue weighted by Gasteiger charge is -2.23. The third-order valence-corrected chi connectivity index (χ3v) is 3.81. The lowest BCUT2D eigenvalue weighted by Crippen LogP contribution is -2.21. The first kappa shape index (κ1) is 20.1. The van der Waals surface area contributed by atoms with Crippen LogP contribution < -0.4 is 4.90 Å². The molecule has 8 nitrogen and oxygen atoms in total. The summed E-state index contributed by atoms with van der Waals surface area (Å²) in [6.07, 6.45) is -5.30. The first-order valence-corrected chi connectivity index (χ1v) is 7.40. The Balaban J connectivity index is 2.94. The summed E-state index contributed by atoms with van der Waals surface area (Å²) in [7, 11) is 0. The van der Waals surface area contributed by atoms with Gasteiger partial charge in [0.15, 0.2) is 0 Å². The highest BCUT2D eigenvalue weighted by Crippen LogP contribution is 2.47. The van der Waals surface area contributed by atoms with E-state index in [2.05, 4.69) is 0 Å². The molecule has 0 bridgehead atoms. The Morgan fingerprint density at radius 3 is 2.22 bits per heavy atom. The predicted molar refractivity (Wildman–Crippen MR) is 89.1 cm³/mol. The highest BCUT2D eigenvalue weighted by molar-refractivity contribution is 6.34. The molecule has 0 aromatic heterocycles. The Morgan fingerprint density at radius 2 is 1.74 bits per heavy atom. The Hall–Kier alpha value is -3.21. The van der Waals surface area contributed by atoms with Crippen LogP contribution >= 0.6 is 11.6 Å². The van der Waals surface area contributed by atoms with Gasteiger partial charge in [-0.25, -0.2) is 0 Å². The van der Waals surface area contributed by atoms with Crippen LogP contribution in [0.2, 0.25) is 5.02 Å². The molecule has 2 rings (SSSR count). The lowest BCUT2D eigenvalue weighted by molar-refractivity contribution is -0.394. The molecule has 1 amide bonds. The van der Waals surface area contributed by atoms with Gasteiger partial charge in [-0.2, -0.15) is 13.2 Å². The SMILES string of the molecule is Cc1ccc(Cl)c(N(C=O)c2c([N+](=O)[O-])cc([N+](=O)[O-])cc2C(F)(F)F)c1. The summed E-state index contributed by atoms with van der Waals surface area (Å²) >= 11 is 5.94. The second-order valence-corrected chi connectivity index (χ2v) is 5.71. The van der Waals surface area contributed by atoms with Crippen LogP contribution in [0.5, 0.6) is 0 Å². The molecule has 12 heteroatoms. The molecule has 0 aliphatic carbocycles. The zero-order chi connectivity index (χ0) is 20.5. The first-order valence-electron chi connectivity index (χ1n) is 7.02. The van der Waals surface area contributed by atoms with Crippen molar-refractivity contribution in [3.05, 3.63) is 66.7 Å². The minimum atomic E-state index is -5.22. The molecule has 142 valence electrons. The summed E-state index contributed by atoms with van der Waals surface area (Å²) in [6, 6.07) is 4.55. The van der Waals surface area contributed by atoms with Gasteiger partial charge in [0.2, 0.25) is 6.41 Å². The number of anilines is 2. The summed E-state index contributed by atoms with van der Waals surface area (Å²) in [6.45, 7) is 1.57. The molecular formula is C15H9ClF3N3O5. The van der Waals surface area contributed by atoms with E-state index < -0.39 is 38.6 Å². The van der Waals surface area contributed by atoms with E-state index in [9.17, 15) is 38.2 Å². The second kappa shape index (κ2) is 7.19. The summed E-state index contributed by atoms with van der Waals surface area (Å²) < 4.78 is 40.5. The van der Waals surface area contributed by atoms with Crippen LogP contribution in [0, 0.1) is 27.2 Å². The molecule has 2 aromatic carbocycles. The van der Waals surface area contributed by atoms with Gasteiger partial charge in [0.05, 0.1) is 32.2 Å². The van der Waals surface area contributed by atoms with Gasteiger partial charge in [-0.05, 0) is 24.6 Å². The van der Waals surface area contributed by atoms with Crippen molar-refractivity contribution in [1.82, 2.24) is 0 Å². The molecular weight excluding hydrogens is 395 g/mol. The van der Waals surface area contributed by atoms with Gasteiger partial charge in [-0.15, -0.1) is 0 Å². The van der Waals surface area contributed by atoms with E-state index in [0.29, 0.717) is 16.5 Å². The minimum Gasteiger partial charge on any atom is -0.278 e. The fourth-order valence-corrected chi connectivity index (χ4v) is 2.56. The predicted octanol–water partition coefficient (Wildman–Crippen LogP) is 4.78. The third-order valence-electron chi connectivity index (χ3n) is 3.49. The van der Waals surface area contributed by atoms with E-state index in [4.69, 9.17) is 11.6 Å². The Labute approximate surface area is 154 Å². The number of hydrogen-bond acceptors (Lipinski definition) is 5. The molecule has 0 heterocycles. The number of halogens is 4. The number of carbonyl (C=O) groups is 1. The average Bonchev–Trinajstić information content (AvgIpc) is 2.57.